The lowest BCUT2D eigenvalue weighted by Crippen LogP contribution is -2.40. The van der Waals surface area contributed by atoms with Crippen LogP contribution >= 0.6 is 11.3 Å². The van der Waals surface area contributed by atoms with Crippen molar-refractivity contribution in [2.75, 3.05) is 12.4 Å². The summed E-state index contributed by atoms with van der Waals surface area (Å²) in [4.78, 5) is 27.6. The summed E-state index contributed by atoms with van der Waals surface area (Å²) in [5, 5.41) is 13.1. The van der Waals surface area contributed by atoms with Crippen molar-refractivity contribution < 1.29 is 9.53 Å². The third-order valence-electron chi connectivity index (χ3n) is 6.65. The molecule has 0 radical (unpaired) electrons. The number of aryl methyl sites for hydroxylation is 2. The number of methoxy groups -OCH3 is 1. The van der Waals surface area contributed by atoms with Gasteiger partial charge in [-0.05, 0) is 55.3 Å². The number of rotatable bonds is 5. The fraction of sp³-hybridized carbons (Fsp3) is 0.129. The minimum Gasteiger partial charge on any atom is -0.497 e. The molecule has 7 nitrogen and oxygen atoms in total. The number of anilines is 1. The van der Waals surface area contributed by atoms with Crippen LogP contribution in [0.5, 0.6) is 5.75 Å². The van der Waals surface area contributed by atoms with E-state index in [2.05, 4.69) is 11.4 Å². The van der Waals surface area contributed by atoms with Crippen LogP contribution in [0.4, 0.5) is 5.69 Å². The topological polar surface area (TPSA) is 110 Å². The largest absolute Gasteiger partial charge is 0.497 e. The number of nitriles is 1. The van der Waals surface area contributed by atoms with E-state index >= 15 is 0 Å². The van der Waals surface area contributed by atoms with Gasteiger partial charge < -0.3 is 15.8 Å². The smallest absolute Gasteiger partial charge is 0.274 e. The van der Waals surface area contributed by atoms with Gasteiger partial charge in [-0.15, -0.1) is 11.3 Å². The molecule has 3 aromatic carbocycles. The molecule has 1 aliphatic heterocycles. The number of allylic oxidation sites excluding steroid dienone is 1. The average molecular weight is 535 g/mol. The van der Waals surface area contributed by atoms with Crippen molar-refractivity contribution in [3.63, 3.8) is 0 Å². The molecule has 5 rings (SSSR count). The number of nitrogens with zero attached hydrogens (tertiary/aromatic N) is 2. The zero-order chi connectivity index (χ0) is 27.7. The van der Waals surface area contributed by atoms with Gasteiger partial charge in [0.05, 0.1) is 34.8 Å². The lowest BCUT2D eigenvalue weighted by atomic mass is 9.83. The Morgan fingerprint density at radius 3 is 2.23 bits per heavy atom. The quantitative estimate of drug-likeness (QED) is 0.407. The van der Waals surface area contributed by atoms with Crippen molar-refractivity contribution >= 4 is 40.4 Å². The molecule has 0 spiro atoms. The number of amides is 1. The predicted molar refractivity (Wildman–Crippen MR) is 155 cm³/mol. The first-order chi connectivity index (χ1) is 18.8. The first-order valence-corrected chi connectivity index (χ1v) is 13.1. The number of benzene rings is 3. The van der Waals surface area contributed by atoms with Gasteiger partial charge in [0.2, 0.25) is 0 Å². The number of fused-ring (bicyclic) bond motifs is 1. The fourth-order valence-corrected chi connectivity index (χ4v) is 5.72. The minimum absolute atomic E-state index is 0.0314. The van der Waals surface area contributed by atoms with E-state index in [1.807, 2.05) is 62.4 Å². The second kappa shape index (κ2) is 10.5. The molecule has 8 heteroatoms. The van der Waals surface area contributed by atoms with Crippen LogP contribution < -0.4 is 30.5 Å². The summed E-state index contributed by atoms with van der Waals surface area (Å²) in [5.41, 5.74) is 10.8. The van der Waals surface area contributed by atoms with Crippen LogP contribution in [0.2, 0.25) is 0 Å². The standard InChI is InChI=1S/C31H26N4O3S/c1-18-4-8-20(9-5-18)16-25-30(37)35-28(33)24(17-32)26(21-10-6-19(2)7-11-21)27(31(35)39-25)29(36)34-22-12-14-23(38-3)15-13-22/h4-16,26H,33H2,1-3H3,(H,34,36)/b25-16-. The number of hydrogen-bond acceptors (Lipinski definition) is 6. The van der Waals surface area contributed by atoms with Crippen LogP contribution in [0.1, 0.15) is 28.2 Å². The highest BCUT2D eigenvalue weighted by molar-refractivity contribution is 7.07. The summed E-state index contributed by atoms with van der Waals surface area (Å²) in [5.74, 6) is -0.493. The Morgan fingerprint density at radius 1 is 1.03 bits per heavy atom. The minimum atomic E-state index is -0.751. The van der Waals surface area contributed by atoms with E-state index in [1.54, 1.807) is 37.5 Å². The molecule has 2 heterocycles. The molecule has 1 amide bonds. The van der Waals surface area contributed by atoms with Gasteiger partial charge in [-0.2, -0.15) is 5.26 Å². The first-order valence-electron chi connectivity index (χ1n) is 12.3. The van der Waals surface area contributed by atoms with Gasteiger partial charge in [0.25, 0.3) is 11.5 Å². The van der Waals surface area contributed by atoms with Gasteiger partial charge in [-0.1, -0.05) is 59.7 Å². The van der Waals surface area contributed by atoms with E-state index < -0.39 is 11.8 Å². The van der Waals surface area contributed by atoms with Gasteiger partial charge >= 0.3 is 0 Å². The molecule has 0 fully saturated rings. The van der Waals surface area contributed by atoms with Crippen molar-refractivity contribution in [1.82, 2.24) is 4.57 Å². The molecule has 0 bridgehead atoms. The molecular weight excluding hydrogens is 508 g/mol. The van der Waals surface area contributed by atoms with Crippen LogP contribution in [0.15, 0.2) is 83.2 Å². The number of nitrogens with one attached hydrogen (secondary N) is 1. The Balaban J connectivity index is 1.77. The molecule has 4 aromatic rings. The summed E-state index contributed by atoms with van der Waals surface area (Å²) in [6.07, 6.45) is 1.77. The predicted octanol–water partition coefficient (Wildman–Crippen LogP) is 3.60. The SMILES string of the molecule is COc1ccc(NC(=O)C2=c3s/c(=C\c4ccc(C)cc4)c(=O)n3C(N)=C(C#N)C2c2ccc(C)cc2)cc1. The summed E-state index contributed by atoms with van der Waals surface area (Å²) in [6.45, 7) is 3.95. The molecule has 1 aromatic heterocycles. The van der Waals surface area contributed by atoms with E-state index in [9.17, 15) is 14.9 Å². The zero-order valence-corrected chi connectivity index (χ0v) is 22.5. The van der Waals surface area contributed by atoms with Crippen molar-refractivity contribution in [2.45, 2.75) is 19.8 Å². The highest BCUT2D eigenvalue weighted by atomic mass is 32.1. The fourth-order valence-electron chi connectivity index (χ4n) is 4.55. The summed E-state index contributed by atoms with van der Waals surface area (Å²) < 4.78 is 7.31. The zero-order valence-electron chi connectivity index (χ0n) is 21.7. The number of carbonyl (C=O) groups excluding carboxylic acids is 1. The van der Waals surface area contributed by atoms with E-state index in [1.165, 1.54) is 15.9 Å². The van der Waals surface area contributed by atoms with Gasteiger partial charge in [-0.25, -0.2) is 0 Å². The molecule has 1 atom stereocenters. The maximum absolute atomic E-state index is 13.9. The Labute approximate surface area is 229 Å². The molecule has 3 N–H and O–H groups in total. The van der Waals surface area contributed by atoms with Crippen molar-refractivity contribution in [2.24, 2.45) is 5.73 Å². The number of ether oxygens (including phenoxy) is 1. The van der Waals surface area contributed by atoms with E-state index in [-0.39, 0.29) is 22.5 Å². The van der Waals surface area contributed by atoms with Crippen LogP contribution in [0, 0.1) is 25.2 Å². The summed E-state index contributed by atoms with van der Waals surface area (Å²) in [6, 6.07) is 24.5. The number of carbonyl (C=O) groups is 1. The van der Waals surface area contributed by atoms with Crippen LogP contribution in [0.25, 0.3) is 17.5 Å². The van der Waals surface area contributed by atoms with Crippen molar-refractivity contribution in [3.8, 4) is 11.8 Å². The monoisotopic (exact) mass is 534 g/mol. The summed E-state index contributed by atoms with van der Waals surface area (Å²) >= 11 is 1.19. The molecule has 39 heavy (non-hydrogen) atoms. The van der Waals surface area contributed by atoms with Gasteiger partial charge in [-0.3, -0.25) is 14.2 Å². The molecule has 0 saturated heterocycles. The molecule has 1 aliphatic rings. The molecule has 1 unspecified atom stereocenters. The van der Waals surface area contributed by atoms with Crippen LogP contribution in [-0.2, 0) is 4.79 Å². The summed E-state index contributed by atoms with van der Waals surface area (Å²) in [7, 11) is 1.57. The van der Waals surface area contributed by atoms with Gasteiger partial charge in [0, 0.05) is 5.69 Å². The number of hydrogen-bond donors (Lipinski definition) is 2. The Kier molecular flexibility index (Phi) is 6.92. The Morgan fingerprint density at radius 2 is 1.64 bits per heavy atom. The third-order valence-corrected chi connectivity index (χ3v) is 7.76. The second-order valence-electron chi connectivity index (χ2n) is 9.32. The number of nitrogens with two attached hydrogens (primary N) is 1. The maximum atomic E-state index is 13.9. The molecular formula is C31H26N4O3S. The van der Waals surface area contributed by atoms with Crippen LogP contribution in [0.3, 0.4) is 0 Å². The first kappa shape index (κ1) is 25.8. The van der Waals surface area contributed by atoms with Gasteiger partial charge in [0.15, 0.2) is 0 Å². The lowest BCUT2D eigenvalue weighted by Gasteiger charge is -2.25. The van der Waals surface area contributed by atoms with Crippen LogP contribution in [-0.4, -0.2) is 17.6 Å². The van der Waals surface area contributed by atoms with Crippen molar-refractivity contribution in [1.29, 1.82) is 5.26 Å². The Bertz CT molecular complexity index is 1820. The average Bonchev–Trinajstić information content (AvgIpc) is 3.26. The highest BCUT2D eigenvalue weighted by Gasteiger charge is 2.35. The molecule has 0 aliphatic carbocycles. The lowest BCUT2D eigenvalue weighted by molar-refractivity contribution is -0.111. The highest BCUT2D eigenvalue weighted by Crippen LogP contribution is 2.36. The number of thiazole rings is 1. The number of aromatic nitrogens is 1. The maximum Gasteiger partial charge on any atom is 0.274 e. The molecule has 194 valence electrons. The third kappa shape index (κ3) is 4.88. The Hall–Kier alpha value is -4.87. The van der Waals surface area contributed by atoms with Crippen molar-refractivity contribution in [3.05, 3.63) is 120 Å². The van der Waals surface area contributed by atoms with E-state index in [0.29, 0.717) is 20.6 Å². The van der Waals surface area contributed by atoms with Gasteiger partial charge in [0.1, 0.15) is 16.2 Å². The normalized spacial score (nSPS) is 15.1. The molecule has 0 saturated carbocycles. The second-order valence-corrected chi connectivity index (χ2v) is 10.3. The van der Waals surface area contributed by atoms with E-state index in [4.69, 9.17) is 10.5 Å². The van der Waals surface area contributed by atoms with E-state index in [0.717, 1.165) is 22.3 Å².